The Hall–Kier alpha value is -3.19. The summed E-state index contributed by atoms with van der Waals surface area (Å²) in [5, 5.41) is 17.7. The largest absolute Gasteiger partial charge is 0.471 e. The molecule has 0 fully saturated rings. The molecule has 2 aromatic carbocycles. The van der Waals surface area contributed by atoms with Gasteiger partial charge in [-0.15, -0.1) is 0 Å². The Morgan fingerprint density at radius 3 is 2.61 bits per heavy atom. The minimum atomic E-state index is -4.89. The first kappa shape index (κ1) is 25.9. The van der Waals surface area contributed by atoms with Gasteiger partial charge in [0, 0.05) is 18.2 Å². The van der Waals surface area contributed by atoms with Gasteiger partial charge in [0.25, 0.3) is 0 Å². The number of aliphatic hydroxyl groups is 1. The van der Waals surface area contributed by atoms with Gasteiger partial charge in [-0.2, -0.15) is 15.1 Å². The van der Waals surface area contributed by atoms with E-state index in [-0.39, 0.29) is 34.8 Å². The highest BCUT2D eigenvalue weighted by molar-refractivity contribution is 7.46. The number of phosphoric ester groups is 1. The maximum absolute atomic E-state index is 14.2. The van der Waals surface area contributed by atoms with Gasteiger partial charge in [0.15, 0.2) is 23.9 Å². The Balaban J connectivity index is 1.92. The van der Waals surface area contributed by atoms with Crippen LogP contribution in [0.15, 0.2) is 42.5 Å². The number of anilines is 1. The highest BCUT2D eigenvalue weighted by Gasteiger charge is 2.24. The summed E-state index contributed by atoms with van der Waals surface area (Å²) < 4.78 is 49.9. The van der Waals surface area contributed by atoms with Crippen LogP contribution < -0.4 is 10.1 Å². The molecule has 0 radical (unpaired) electrons. The molecule has 4 N–H and O–H groups in total. The fraction of sp³-hybridized carbons (Fsp3) is 0.190. The fourth-order valence-corrected chi connectivity index (χ4v) is 3.67. The number of nitrogens with zero attached hydrogens (tertiary/aromatic N) is 4. The zero-order valence-electron chi connectivity index (χ0n) is 18.5. The van der Waals surface area contributed by atoms with Crippen LogP contribution in [0, 0.1) is 11.6 Å². The number of benzene rings is 2. The van der Waals surface area contributed by atoms with Gasteiger partial charge in [0.2, 0.25) is 0 Å². The summed E-state index contributed by atoms with van der Waals surface area (Å²) in [4.78, 5) is 26.8. The summed E-state index contributed by atoms with van der Waals surface area (Å²) in [7, 11) is -4.89. The molecule has 190 valence electrons. The van der Waals surface area contributed by atoms with E-state index in [9.17, 15) is 28.2 Å². The number of hydrogen-bond acceptors (Lipinski definition) is 8. The standard InChI is InChI=1S/C21H19ClF2N5O6P/c1-11(30)9-25-19-17-18(13-4-2-3-5-14(13)22)28-29(10-34-36(31,32)33)20(17)27-21(26-19)35-16-7-6-12(23)8-15(16)24/h2-8,11,30H,9-10H2,1H3,(H,25,26,27)(H2,31,32,33)/t11-/m0/s1. The van der Waals surface area contributed by atoms with Gasteiger partial charge < -0.3 is 24.9 Å². The lowest BCUT2D eigenvalue weighted by Crippen LogP contribution is -2.16. The van der Waals surface area contributed by atoms with Crippen LogP contribution in [0.5, 0.6) is 11.8 Å². The van der Waals surface area contributed by atoms with Crippen molar-refractivity contribution in [3.05, 3.63) is 59.1 Å². The normalized spacial score (nSPS) is 12.6. The lowest BCUT2D eigenvalue weighted by Gasteiger charge is -2.12. The van der Waals surface area contributed by atoms with Crippen LogP contribution in [0.25, 0.3) is 22.3 Å². The number of nitrogens with one attached hydrogen (secondary N) is 1. The van der Waals surface area contributed by atoms with Crippen molar-refractivity contribution in [2.75, 3.05) is 11.9 Å². The molecule has 11 nitrogen and oxygen atoms in total. The van der Waals surface area contributed by atoms with Crippen LogP contribution in [-0.2, 0) is 15.8 Å². The molecule has 36 heavy (non-hydrogen) atoms. The Kier molecular flexibility index (Phi) is 7.50. The van der Waals surface area contributed by atoms with Gasteiger partial charge in [-0.25, -0.2) is 18.0 Å². The molecular weight excluding hydrogens is 523 g/mol. The molecule has 4 rings (SSSR count). The average Bonchev–Trinajstić information content (AvgIpc) is 3.16. The first-order chi connectivity index (χ1) is 17.0. The second kappa shape index (κ2) is 10.4. The monoisotopic (exact) mass is 541 g/mol. The Labute approximate surface area is 207 Å². The predicted molar refractivity (Wildman–Crippen MR) is 126 cm³/mol. The number of hydrogen-bond donors (Lipinski definition) is 4. The first-order valence-corrected chi connectivity index (χ1v) is 12.2. The number of rotatable bonds is 9. The van der Waals surface area contributed by atoms with E-state index >= 15 is 0 Å². The summed E-state index contributed by atoms with van der Waals surface area (Å²) in [6, 6.07) is 8.94. The molecule has 0 aliphatic rings. The van der Waals surface area contributed by atoms with Crippen molar-refractivity contribution in [2.45, 2.75) is 19.8 Å². The molecule has 2 heterocycles. The zero-order valence-corrected chi connectivity index (χ0v) is 20.1. The van der Waals surface area contributed by atoms with Gasteiger partial charge in [-0.05, 0) is 25.1 Å². The number of ether oxygens (including phenoxy) is 1. The molecule has 0 aliphatic carbocycles. The number of aliphatic hydroxyl groups excluding tert-OH is 1. The van der Waals surface area contributed by atoms with Gasteiger partial charge in [-0.1, -0.05) is 29.8 Å². The molecule has 0 saturated carbocycles. The summed E-state index contributed by atoms with van der Waals surface area (Å²) in [6.07, 6.45) is -0.800. The predicted octanol–water partition coefficient (Wildman–Crippen LogP) is 4.08. The Bertz CT molecular complexity index is 1460. The molecule has 0 unspecified atom stereocenters. The second-order valence-electron chi connectivity index (χ2n) is 7.54. The Morgan fingerprint density at radius 2 is 1.94 bits per heavy atom. The molecule has 0 aliphatic heterocycles. The SMILES string of the molecule is C[C@H](O)CNc1nc(Oc2ccc(F)cc2F)nc2c1c(-c1ccccc1Cl)nn2COP(=O)(O)O. The van der Waals surface area contributed by atoms with E-state index in [4.69, 9.17) is 16.3 Å². The third-order valence-electron chi connectivity index (χ3n) is 4.71. The van der Waals surface area contributed by atoms with Crippen LogP contribution in [0.4, 0.5) is 14.6 Å². The van der Waals surface area contributed by atoms with Crippen LogP contribution >= 0.6 is 19.4 Å². The maximum atomic E-state index is 14.2. The highest BCUT2D eigenvalue weighted by atomic mass is 35.5. The minimum absolute atomic E-state index is 0.0148. The second-order valence-corrected chi connectivity index (χ2v) is 9.18. The van der Waals surface area contributed by atoms with Gasteiger partial charge in [-0.3, -0.25) is 4.52 Å². The molecule has 1 atom stereocenters. The van der Waals surface area contributed by atoms with Crippen molar-refractivity contribution in [3.8, 4) is 23.0 Å². The van der Waals surface area contributed by atoms with E-state index in [1.165, 1.54) is 6.92 Å². The fourth-order valence-electron chi connectivity index (χ4n) is 3.19. The molecule has 2 aromatic heterocycles. The molecular formula is C21H19ClF2N5O6P. The van der Waals surface area contributed by atoms with Crippen LogP contribution in [0.1, 0.15) is 6.92 Å². The molecule has 4 aromatic rings. The summed E-state index contributed by atoms with van der Waals surface area (Å²) >= 11 is 6.36. The van der Waals surface area contributed by atoms with Crippen molar-refractivity contribution in [1.29, 1.82) is 0 Å². The maximum Gasteiger partial charge on any atom is 0.471 e. The molecule has 0 amide bonds. The van der Waals surface area contributed by atoms with Crippen molar-refractivity contribution in [1.82, 2.24) is 19.7 Å². The number of phosphoric acid groups is 1. The molecule has 0 bridgehead atoms. The number of halogens is 3. The van der Waals surface area contributed by atoms with E-state index in [2.05, 4.69) is 24.9 Å². The van der Waals surface area contributed by atoms with Gasteiger partial charge >= 0.3 is 13.8 Å². The van der Waals surface area contributed by atoms with E-state index in [1.807, 2.05) is 0 Å². The number of fused-ring (bicyclic) bond motifs is 1. The van der Waals surface area contributed by atoms with Gasteiger partial charge in [0.1, 0.15) is 17.3 Å². The van der Waals surface area contributed by atoms with Crippen molar-refractivity contribution in [2.24, 2.45) is 0 Å². The van der Waals surface area contributed by atoms with Crippen LogP contribution in [0.3, 0.4) is 0 Å². The first-order valence-electron chi connectivity index (χ1n) is 10.3. The molecule has 15 heteroatoms. The van der Waals surface area contributed by atoms with Gasteiger partial charge in [0.05, 0.1) is 16.5 Å². The van der Waals surface area contributed by atoms with Crippen LogP contribution in [0.2, 0.25) is 5.02 Å². The topological polar surface area (TPSA) is 152 Å². The minimum Gasteiger partial charge on any atom is -0.421 e. The average molecular weight is 542 g/mol. The summed E-state index contributed by atoms with van der Waals surface area (Å²) in [6.45, 7) is 0.841. The summed E-state index contributed by atoms with van der Waals surface area (Å²) in [5.74, 6) is -2.10. The lowest BCUT2D eigenvalue weighted by atomic mass is 10.1. The van der Waals surface area contributed by atoms with Crippen LogP contribution in [-0.4, -0.2) is 47.3 Å². The zero-order chi connectivity index (χ0) is 26.0. The third kappa shape index (κ3) is 5.95. The lowest BCUT2D eigenvalue weighted by molar-refractivity contribution is 0.148. The van der Waals surface area contributed by atoms with E-state index in [0.29, 0.717) is 16.7 Å². The smallest absolute Gasteiger partial charge is 0.421 e. The summed E-state index contributed by atoms with van der Waals surface area (Å²) in [5.41, 5.74) is 0.664. The quantitative estimate of drug-likeness (QED) is 0.228. The van der Waals surface area contributed by atoms with E-state index in [1.54, 1.807) is 24.3 Å². The third-order valence-corrected chi connectivity index (χ3v) is 5.49. The van der Waals surface area contributed by atoms with Crippen molar-refractivity contribution >= 4 is 36.3 Å². The van der Waals surface area contributed by atoms with Crippen molar-refractivity contribution < 1.29 is 37.5 Å². The number of aromatic nitrogens is 4. The molecule has 0 saturated heterocycles. The highest BCUT2D eigenvalue weighted by Crippen LogP contribution is 2.39. The van der Waals surface area contributed by atoms with E-state index in [0.717, 1.165) is 16.8 Å². The molecule has 0 spiro atoms. The van der Waals surface area contributed by atoms with Crippen molar-refractivity contribution in [3.63, 3.8) is 0 Å². The Morgan fingerprint density at radius 1 is 1.19 bits per heavy atom. The van der Waals surface area contributed by atoms with E-state index < -0.39 is 38.3 Å².